The molecule has 0 spiro atoms. The van der Waals surface area contributed by atoms with E-state index >= 15 is 0 Å². The van der Waals surface area contributed by atoms with Crippen molar-refractivity contribution in [2.24, 2.45) is 0 Å². The summed E-state index contributed by atoms with van der Waals surface area (Å²) in [5.41, 5.74) is 2.40. The standard InChI is InChI=1S/C13H16N5O.Y/c1-4-7-18-13(15-16-17-18)14-12(19)11-6-5-9(2)8-10(11)3;/h5-6H,4,7H2,1-3H3,(H,14,15,17,19);/q-1;. The van der Waals surface area contributed by atoms with Crippen molar-refractivity contribution in [3.8, 4) is 0 Å². The zero-order valence-electron chi connectivity index (χ0n) is 11.8. The summed E-state index contributed by atoms with van der Waals surface area (Å²) in [4.78, 5) is 12.2. The van der Waals surface area contributed by atoms with Gasteiger partial charge in [-0.2, -0.15) is 29.3 Å². The third-order valence-corrected chi connectivity index (χ3v) is 2.73. The molecule has 1 aromatic carbocycles. The van der Waals surface area contributed by atoms with Crippen molar-refractivity contribution in [1.29, 1.82) is 0 Å². The fourth-order valence-corrected chi connectivity index (χ4v) is 1.81. The number of amides is 1. The SMILES string of the molecule is CCCn1nnnc1NC(=O)c1ccc(C)[c-]c1C.[Y]. The number of hydrogen-bond donors (Lipinski definition) is 1. The van der Waals surface area contributed by atoms with Gasteiger partial charge < -0.3 is 0 Å². The van der Waals surface area contributed by atoms with Crippen LogP contribution in [0.5, 0.6) is 0 Å². The molecule has 1 amide bonds. The van der Waals surface area contributed by atoms with E-state index in [-0.39, 0.29) is 38.6 Å². The molecule has 2 rings (SSSR count). The Morgan fingerprint density at radius 3 is 2.80 bits per heavy atom. The maximum atomic E-state index is 12.2. The van der Waals surface area contributed by atoms with E-state index in [1.165, 1.54) is 0 Å². The number of anilines is 1. The van der Waals surface area contributed by atoms with Gasteiger partial charge in [0, 0.05) is 39.3 Å². The molecule has 6 nitrogen and oxygen atoms in total. The van der Waals surface area contributed by atoms with Crippen LogP contribution in [0.1, 0.15) is 34.8 Å². The second kappa shape index (κ2) is 7.59. The van der Waals surface area contributed by atoms with Crippen LogP contribution in [-0.2, 0) is 39.3 Å². The van der Waals surface area contributed by atoms with E-state index in [0.717, 1.165) is 17.5 Å². The molecule has 0 bridgehead atoms. The minimum Gasteiger partial charge on any atom is -0.300 e. The number of aryl methyl sites for hydroxylation is 3. The fourth-order valence-electron chi connectivity index (χ4n) is 1.81. The van der Waals surface area contributed by atoms with Crippen molar-refractivity contribution in [3.05, 3.63) is 34.9 Å². The molecule has 0 saturated heterocycles. The quantitative estimate of drug-likeness (QED) is 0.856. The Morgan fingerprint density at radius 1 is 1.40 bits per heavy atom. The molecule has 1 radical (unpaired) electrons. The number of rotatable bonds is 4. The molecule has 0 saturated carbocycles. The molecule has 2 aromatic rings. The minimum absolute atomic E-state index is 0. The maximum Gasteiger partial charge on any atom is 0.248 e. The number of nitrogens with zero attached hydrogens (tertiary/aromatic N) is 4. The van der Waals surface area contributed by atoms with Crippen molar-refractivity contribution in [1.82, 2.24) is 20.2 Å². The summed E-state index contributed by atoms with van der Waals surface area (Å²) in [5, 5.41) is 13.9. The molecule has 1 aromatic heterocycles. The first-order chi connectivity index (χ1) is 9.11. The van der Waals surface area contributed by atoms with Crippen LogP contribution >= 0.6 is 0 Å². The monoisotopic (exact) mass is 347 g/mol. The molecular weight excluding hydrogens is 331 g/mol. The Kier molecular flexibility index (Phi) is 6.42. The van der Waals surface area contributed by atoms with Gasteiger partial charge in [-0.3, -0.25) is 10.1 Å². The van der Waals surface area contributed by atoms with E-state index in [1.54, 1.807) is 10.7 Å². The van der Waals surface area contributed by atoms with Gasteiger partial charge in [-0.1, -0.05) is 31.4 Å². The van der Waals surface area contributed by atoms with Crippen LogP contribution in [0.4, 0.5) is 5.95 Å². The first kappa shape index (κ1) is 16.9. The molecular formula is C13H16N5OY-. The smallest absolute Gasteiger partial charge is 0.248 e. The van der Waals surface area contributed by atoms with Gasteiger partial charge in [-0.05, 0) is 16.8 Å². The summed E-state index contributed by atoms with van der Waals surface area (Å²) in [6.45, 7) is 6.49. The number of tetrazole rings is 1. The van der Waals surface area contributed by atoms with Crippen molar-refractivity contribution in [2.75, 3.05) is 5.32 Å². The van der Waals surface area contributed by atoms with Crippen molar-refractivity contribution >= 4 is 11.9 Å². The summed E-state index contributed by atoms with van der Waals surface area (Å²) in [6.07, 6.45) is 0.894. The van der Waals surface area contributed by atoms with E-state index in [1.807, 2.05) is 26.8 Å². The van der Waals surface area contributed by atoms with Crippen molar-refractivity contribution < 1.29 is 37.5 Å². The zero-order valence-corrected chi connectivity index (χ0v) is 14.7. The van der Waals surface area contributed by atoms with Crippen LogP contribution in [-0.4, -0.2) is 26.1 Å². The Balaban J connectivity index is 0.00000200. The average molecular weight is 347 g/mol. The number of nitrogens with one attached hydrogen (secondary N) is 1. The van der Waals surface area contributed by atoms with Gasteiger partial charge in [0.05, 0.1) is 0 Å². The summed E-state index contributed by atoms with van der Waals surface area (Å²) in [5.74, 6) is 0.146. The van der Waals surface area contributed by atoms with E-state index in [4.69, 9.17) is 0 Å². The average Bonchev–Trinajstić information content (AvgIpc) is 2.77. The predicted molar refractivity (Wildman–Crippen MR) is 70.8 cm³/mol. The van der Waals surface area contributed by atoms with Gasteiger partial charge in [0.15, 0.2) is 0 Å². The Hall–Kier alpha value is -1.14. The molecule has 0 fully saturated rings. The Bertz CT molecular complexity index is 596. The largest absolute Gasteiger partial charge is 0.300 e. The first-order valence-electron chi connectivity index (χ1n) is 6.19. The van der Waals surface area contributed by atoms with Crippen LogP contribution in [0.2, 0.25) is 0 Å². The topological polar surface area (TPSA) is 72.7 Å². The van der Waals surface area contributed by atoms with Crippen LogP contribution in [0.15, 0.2) is 12.1 Å². The van der Waals surface area contributed by atoms with Crippen LogP contribution in [0.3, 0.4) is 0 Å². The zero-order chi connectivity index (χ0) is 13.8. The molecule has 0 unspecified atom stereocenters. The van der Waals surface area contributed by atoms with Crippen molar-refractivity contribution in [3.63, 3.8) is 0 Å². The number of carbonyl (C=O) groups is 1. The number of hydrogen-bond acceptors (Lipinski definition) is 4. The van der Waals surface area contributed by atoms with E-state index < -0.39 is 0 Å². The van der Waals surface area contributed by atoms with Crippen LogP contribution in [0, 0.1) is 19.9 Å². The minimum atomic E-state index is -0.221. The van der Waals surface area contributed by atoms with Gasteiger partial charge in [0.2, 0.25) is 11.9 Å². The summed E-state index contributed by atoms with van der Waals surface area (Å²) in [7, 11) is 0. The van der Waals surface area contributed by atoms with Gasteiger partial charge in [0.25, 0.3) is 0 Å². The molecule has 1 N–H and O–H groups in total. The molecule has 0 atom stereocenters. The number of carbonyl (C=O) groups excluding carboxylic acids is 1. The third kappa shape index (κ3) is 3.93. The molecule has 0 aliphatic heterocycles. The van der Waals surface area contributed by atoms with E-state index in [9.17, 15) is 4.79 Å². The normalized spacial score (nSPS) is 9.95. The molecule has 7 heteroatoms. The molecule has 0 aliphatic rings. The molecule has 103 valence electrons. The van der Waals surface area contributed by atoms with Gasteiger partial charge in [-0.15, -0.1) is 0 Å². The Morgan fingerprint density at radius 2 is 2.15 bits per heavy atom. The predicted octanol–water partition coefficient (Wildman–Crippen LogP) is 1.75. The Labute approximate surface area is 143 Å². The van der Waals surface area contributed by atoms with E-state index in [0.29, 0.717) is 18.1 Å². The van der Waals surface area contributed by atoms with Gasteiger partial charge >= 0.3 is 0 Å². The summed E-state index contributed by atoms with van der Waals surface area (Å²) in [6, 6.07) is 6.76. The second-order valence-electron chi connectivity index (χ2n) is 4.36. The molecule has 0 aliphatic carbocycles. The first-order valence-corrected chi connectivity index (χ1v) is 6.19. The fraction of sp³-hybridized carbons (Fsp3) is 0.385. The van der Waals surface area contributed by atoms with Gasteiger partial charge in [0.1, 0.15) is 0 Å². The van der Waals surface area contributed by atoms with Gasteiger partial charge in [-0.25, -0.2) is 4.68 Å². The second-order valence-corrected chi connectivity index (χ2v) is 4.36. The molecule has 20 heavy (non-hydrogen) atoms. The van der Waals surface area contributed by atoms with Crippen LogP contribution < -0.4 is 5.32 Å². The van der Waals surface area contributed by atoms with Crippen molar-refractivity contribution in [2.45, 2.75) is 33.7 Å². The number of aromatic nitrogens is 4. The maximum absolute atomic E-state index is 12.2. The van der Waals surface area contributed by atoms with Crippen LogP contribution in [0.25, 0.3) is 0 Å². The molecule has 1 heterocycles. The third-order valence-electron chi connectivity index (χ3n) is 2.73. The van der Waals surface area contributed by atoms with E-state index in [2.05, 4.69) is 26.9 Å². The summed E-state index contributed by atoms with van der Waals surface area (Å²) < 4.78 is 1.57. The summed E-state index contributed by atoms with van der Waals surface area (Å²) >= 11 is 0. The number of benzene rings is 1.